The number of rotatable bonds is 15. The molecule has 3 aromatic carbocycles. The first-order chi connectivity index (χ1) is 19.5. The third-order valence-corrected chi connectivity index (χ3v) is 5.45. The standard InChI is InChI=1S/C30H34N2O8/c1-36-28(33)25-18-26(37-16-8-14-31-29(34)39-21-23-10-4-2-5-11-23)20-27(19-25)38-17-9-15-32-30(35)40-22-24-12-6-3-7-13-24/h2-7,10-13,18-20H,8-9,14-17,21-22H2,1H3,(H,31,34)(H,32,35). The minimum Gasteiger partial charge on any atom is -0.493 e. The van der Waals surface area contributed by atoms with Crippen molar-refractivity contribution in [3.63, 3.8) is 0 Å². The first kappa shape index (κ1) is 29.8. The van der Waals surface area contributed by atoms with E-state index in [1.165, 1.54) is 7.11 Å². The Balaban J connectivity index is 1.35. The number of carbonyl (C=O) groups is 3. The molecule has 0 fully saturated rings. The van der Waals surface area contributed by atoms with Gasteiger partial charge < -0.3 is 34.3 Å². The fraction of sp³-hybridized carbons (Fsp3) is 0.300. The van der Waals surface area contributed by atoms with Crippen molar-refractivity contribution in [1.82, 2.24) is 10.6 Å². The fourth-order valence-electron chi connectivity index (χ4n) is 3.43. The van der Waals surface area contributed by atoms with Crippen LogP contribution in [0.15, 0.2) is 78.9 Å². The molecule has 212 valence electrons. The van der Waals surface area contributed by atoms with Crippen LogP contribution in [0.3, 0.4) is 0 Å². The van der Waals surface area contributed by atoms with Gasteiger partial charge in [0.2, 0.25) is 0 Å². The molecule has 0 bridgehead atoms. The number of alkyl carbamates (subject to hydrolysis) is 2. The number of amides is 2. The predicted molar refractivity (Wildman–Crippen MR) is 147 cm³/mol. The molecule has 0 aliphatic rings. The molecular weight excluding hydrogens is 516 g/mol. The minimum absolute atomic E-state index is 0.195. The van der Waals surface area contributed by atoms with Crippen molar-refractivity contribution in [1.29, 1.82) is 0 Å². The summed E-state index contributed by atoms with van der Waals surface area (Å²) in [5.74, 6) is 0.320. The third-order valence-electron chi connectivity index (χ3n) is 5.45. The van der Waals surface area contributed by atoms with Crippen molar-refractivity contribution in [2.24, 2.45) is 0 Å². The lowest BCUT2D eigenvalue weighted by molar-refractivity contribution is 0.0599. The van der Waals surface area contributed by atoms with Crippen LogP contribution in [0.1, 0.15) is 34.3 Å². The highest BCUT2D eigenvalue weighted by atomic mass is 16.6. The smallest absolute Gasteiger partial charge is 0.407 e. The van der Waals surface area contributed by atoms with Gasteiger partial charge in [0.15, 0.2) is 0 Å². The van der Waals surface area contributed by atoms with Gasteiger partial charge in [-0.2, -0.15) is 0 Å². The van der Waals surface area contributed by atoms with Crippen molar-refractivity contribution in [2.45, 2.75) is 26.1 Å². The molecule has 10 heteroatoms. The summed E-state index contributed by atoms with van der Waals surface area (Å²) in [4.78, 5) is 35.8. The number of esters is 1. The molecule has 0 saturated heterocycles. The summed E-state index contributed by atoms with van der Waals surface area (Å²) in [6.45, 7) is 1.68. The van der Waals surface area contributed by atoms with Gasteiger partial charge in [0.1, 0.15) is 24.7 Å². The molecule has 0 aliphatic heterocycles. The Kier molecular flexibility index (Phi) is 12.7. The average molecular weight is 551 g/mol. The molecule has 0 aliphatic carbocycles. The van der Waals surface area contributed by atoms with Gasteiger partial charge in [0.25, 0.3) is 0 Å². The molecule has 0 heterocycles. The van der Waals surface area contributed by atoms with Gasteiger partial charge in [-0.05, 0) is 36.1 Å². The lowest BCUT2D eigenvalue weighted by atomic mass is 10.2. The van der Waals surface area contributed by atoms with Crippen LogP contribution in [0, 0.1) is 0 Å². The molecule has 2 amide bonds. The second-order valence-corrected chi connectivity index (χ2v) is 8.57. The SMILES string of the molecule is COC(=O)c1cc(OCCCNC(=O)OCc2ccccc2)cc(OCCCNC(=O)OCc2ccccc2)c1. The summed E-state index contributed by atoms with van der Waals surface area (Å²) in [6.07, 6.45) is 0.0216. The van der Waals surface area contributed by atoms with Gasteiger partial charge >= 0.3 is 18.2 Å². The van der Waals surface area contributed by atoms with E-state index in [-0.39, 0.29) is 32.0 Å². The van der Waals surface area contributed by atoms with Crippen molar-refractivity contribution in [3.05, 3.63) is 95.6 Å². The Morgan fingerprint density at radius 3 is 1.52 bits per heavy atom. The molecular formula is C30H34N2O8. The van der Waals surface area contributed by atoms with E-state index >= 15 is 0 Å². The number of nitrogens with one attached hydrogen (secondary N) is 2. The predicted octanol–water partition coefficient (Wildman–Crippen LogP) is 4.86. The van der Waals surface area contributed by atoms with Crippen LogP contribution in [-0.2, 0) is 27.4 Å². The zero-order valence-corrected chi connectivity index (χ0v) is 22.4. The number of ether oxygens (including phenoxy) is 5. The average Bonchev–Trinajstić information content (AvgIpc) is 2.99. The number of hydrogen-bond donors (Lipinski definition) is 2. The Hall–Kier alpha value is -4.73. The molecule has 0 radical (unpaired) electrons. The summed E-state index contributed by atoms with van der Waals surface area (Å²) in [7, 11) is 1.29. The quantitative estimate of drug-likeness (QED) is 0.156. The maximum atomic E-state index is 12.1. The molecule has 0 saturated carbocycles. The maximum Gasteiger partial charge on any atom is 0.407 e. The summed E-state index contributed by atoms with van der Waals surface area (Å²) in [5, 5.41) is 5.35. The van der Waals surface area contributed by atoms with E-state index in [2.05, 4.69) is 10.6 Å². The van der Waals surface area contributed by atoms with E-state index in [1.807, 2.05) is 60.7 Å². The lowest BCUT2D eigenvalue weighted by Gasteiger charge is -2.12. The van der Waals surface area contributed by atoms with Crippen LogP contribution in [0.5, 0.6) is 11.5 Å². The molecule has 3 aromatic rings. The first-order valence-electron chi connectivity index (χ1n) is 12.9. The molecule has 0 aromatic heterocycles. The van der Waals surface area contributed by atoms with Crippen LogP contribution < -0.4 is 20.1 Å². The highest BCUT2D eigenvalue weighted by Crippen LogP contribution is 2.24. The van der Waals surface area contributed by atoms with Gasteiger partial charge in [-0.15, -0.1) is 0 Å². The largest absolute Gasteiger partial charge is 0.493 e. The molecule has 2 N–H and O–H groups in total. The summed E-state index contributed by atoms with van der Waals surface area (Å²) < 4.78 is 26.7. The summed E-state index contributed by atoms with van der Waals surface area (Å²) in [5.41, 5.74) is 2.09. The molecule has 0 spiro atoms. The highest BCUT2D eigenvalue weighted by Gasteiger charge is 2.11. The second kappa shape index (κ2) is 17.0. The van der Waals surface area contributed by atoms with Gasteiger partial charge in [-0.3, -0.25) is 0 Å². The number of methoxy groups -OCH3 is 1. The Morgan fingerprint density at radius 1 is 0.650 bits per heavy atom. The molecule has 10 nitrogen and oxygen atoms in total. The molecule has 0 unspecified atom stereocenters. The van der Waals surface area contributed by atoms with Crippen LogP contribution in [0.4, 0.5) is 9.59 Å². The van der Waals surface area contributed by atoms with Crippen molar-refractivity contribution in [3.8, 4) is 11.5 Å². The Labute approximate surface area is 233 Å². The zero-order chi connectivity index (χ0) is 28.4. The molecule has 0 atom stereocenters. The fourth-order valence-corrected chi connectivity index (χ4v) is 3.43. The van der Waals surface area contributed by atoms with Crippen LogP contribution in [0.2, 0.25) is 0 Å². The monoisotopic (exact) mass is 550 g/mol. The van der Waals surface area contributed by atoms with E-state index in [4.69, 9.17) is 23.7 Å². The lowest BCUT2D eigenvalue weighted by Crippen LogP contribution is -2.26. The van der Waals surface area contributed by atoms with Gasteiger partial charge in [0, 0.05) is 19.2 Å². The second-order valence-electron chi connectivity index (χ2n) is 8.57. The van der Waals surface area contributed by atoms with Crippen molar-refractivity contribution >= 4 is 18.2 Å². The molecule has 3 rings (SSSR count). The van der Waals surface area contributed by atoms with E-state index in [9.17, 15) is 14.4 Å². The van der Waals surface area contributed by atoms with E-state index < -0.39 is 18.2 Å². The van der Waals surface area contributed by atoms with Crippen molar-refractivity contribution < 1.29 is 38.1 Å². The third kappa shape index (κ3) is 11.3. The number of hydrogen-bond acceptors (Lipinski definition) is 8. The van der Waals surface area contributed by atoms with Crippen LogP contribution >= 0.6 is 0 Å². The molecule has 40 heavy (non-hydrogen) atoms. The normalized spacial score (nSPS) is 10.2. The number of benzene rings is 3. The maximum absolute atomic E-state index is 12.1. The van der Waals surface area contributed by atoms with Crippen molar-refractivity contribution in [2.75, 3.05) is 33.4 Å². The highest BCUT2D eigenvalue weighted by molar-refractivity contribution is 5.90. The Bertz CT molecular complexity index is 1120. The van der Waals surface area contributed by atoms with Gasteiger partial charge in [0.05, 0.1) is 25.9 Å². The van der Waals surface area contributed by atoms with E-state index in [0.29, 0.717) is 37.4 Å². The first-order valence-corrected chi connectivity index (χ1v) is 12.9. The topological polar surface area (TPSA) is 121 Å². The van der Waals surface area contributed by atoms with Gasteiger partial charge in [-0.1, -0.05) is 60.7 Å². The van der Waals surface area contributed by atoms with Crippen LogP contribution in [-0.4, -0.2) is 51.6 Å². The summed E-state index contributed by atoms with van der Waals surface area (Å²) >= 11 is 0. The van der Waals surface area contributed by atoms with Gasteiger partial charge in [-0.25, -0.2) is 14.4 Å². The summed E-state index contributed by atoms with van der Waals surface area (Å²) in [6, 6.07) is 23.6. The zero-order valence-electron chi connectivity index (χ0n) is 22.4. The number of carbonyl (C=O) groups excluding carboxylic acids is 3. The van der Waals surface area contributed by atoms with E-state index in [0.717, 1.165) is 11.1 Å². The Morgan fingerprint density at radius 2 is 1.10 bits per heavy atom. The minimum atomic E-state index is -0.527. The van der Waals surface area contributed by atoms with E-state index in [1.54, 1.807) is 18.2 Å². The van der Waals surface area contributed by atoms with Crippen LogP contribution in [0.25, 0.3) is 0 Å².